The summed E-state index contributed by atoms with van der Waals surface area (Å²) in [6.07, 6.45) is 1.19. The number of likely N-dealkylation sites (N-methyl/N-ethyl adjacent to an activating group) is 2. The van der Waals surface area contributed by atoms with Gasteiger partial charge in [-0.25, -0.2) is 0 Å². The lowest BCUT2D eigenvalue weighted by atomic mass is 10.1. The van der Waals surface area contributed by atoms with Crippen LogP contribution in [0.2, 0.25) is 0 Å². The fraction of sp³-hybridized carbons (Fsp3) is 0.600. The van der Waals surface area contributed by atoms with E-state index in [1.165, 1.54) is 17.5 Å². The molecule has 1 aromatic rings. The van der Waals surface area contributed by atoms with Gasteiger partial charge in [-0.1, -0.05) is 43.7 Å². The van der Waals surface area contributed by atoms with Crippen molar-refractivity contribution in [2.75, 3.05) is 20.1 Å². The third-order valence-electron chi connectivity index (χ3n) is 3.28. The molecule has 1 N–H and O–H groups in total. The molecule has 0 amide bonds. The van der Waals surface area contributed by atoms with Crippen molar-refractivity contribution in [3.05, 3.63) is 35.4 Å². The monoisotopic (exact) mass is 234 g/mol. The van der Waals surface area contributed by atoms with Gasteiger partial charge in [0, 0.05) is 19.1 Å². The van der Waals surface area contributed by atoms with E-state index in [9.17, 15) is 0 Å². The molecule has 1 rings (SSSR count). The van der Waals surface area contributed by atoms with Crippen LogP contribution in [0.25, 0.3) is 0 Å². The number of rotatable bonds is 7. The summed E-state index contributed by atoms with van der Waals surface area (Å²) in [5.74, 6) is 0. The zero-order chi connectivity index (χ0) is 12.7. The van der Waals surface area contributed by atoms with Crippen molar-refractivity contribution in [1.82, 2.24) is 10.2 Å². The Morgan fingerprint density at radius 2 is 1.82 bits per heavy atom. The predicted molar refractivity (Wildman–Crippen MR) is 75.3 cm³/mol. The zero-order valence-electron chi connectivity index (χ0n) is 11.7. The highest BCUT2D eigenvalue weighted by molar-refractivity contribution is 5.21. The van der Waals surface area contributed by atoms with Crippen LogP contribution in [0.4, 0.5) is 0 Å². The quantitative estimate of drug-likeness (QED) is 0.780. The highest BCUT2D eigenvalue weighted by atomic mass is 15.1. The van der Waals surface area contributed by atoms with Gasteiger partial charge in [-0.15, -0.1) is 0 Å². The Hall–Kier alpha value is -0.860. The van der Waals surface area contributed by atoms with E-state index in [0.717, 1.165) is 19.6 Å². The molecule has 0 heterocycles. The summed E-state index contributed by atoms with van der Waals surface area (Å²) < 4.78 is 0. The molecular weight excluding hydrogens is 208 g/mol. The zero-order valence-corrected chi connectivity index (χ0v) is 11.7. The molecular formula is C15H26N2. The Balaban J connectivity index is 2.51. The second kappa shape index (κ2) is 7.46. The standard InChI is InChI=1S/C15H26N2/c1-5-15(11-16-6-2)17(4)12-14-9-7-13(3)8-10-14/h7-10,15-16H,5-6,11-12H2,1-4H3. The lowest BCUT2D eigenvalue weighted by Gasteiger charge is -2.27. The Bertz CT molecular complexity index is 305. The molecule has 0 fully saturated rings. The lowest BCUT2D eigenvalue weighted by Crippen LogP contribution is -2.39. The number of nitrogens with zero attached hydrogens (tertiary/aromatic N) is 1. The molecule has 0 aliphatic heterocycles. The summed E-state index contributed by atoms with van der Waals surface area (Å²) in [6, 6.07) is 9.46. The van der Waals surface area contributed by atoms with Gasteiger partial charge in [-0.2, -0.15) is 0 Å². The molecule has 0 saturated carbocycles. The number of benzene rings is 1. The van der Waals surface area contributed by atoms with Crippen molar-refractivity contribution in [2.24, 2.45) is 0 Å². The van der Waals surface area contributed by atoms with Crippen LogP contribution in [-0.2, 0) is 6.54 Å². The van der Waals surface area contributed by atoms with Crippen LogP contribution in [0.15, 0.2) is 24.3 Å². The predicted octanol–water partition coefficient (Wildman–Crippen LogP) is 2.81. The first-order valence-electron chi connectivity index (χ1n) is 6.63. The summed E-state index contributed by atoms with van der Waals surface area (Å²) in [7, 11) is 2.21. The number of nitrogens with one attached hydrogen (secondary N) is 1. The van der Waals surface area contributed by atoms with Crippen molar-refractivity contribution in [3.8, 4) is 0 Å². The SMILES string of the molecule is CCNCC(CC)N(C)Cc1ccc(C)cc1. The fourth-order valence-corrected chi connectivity index (χ4v) is 2.03. The van der Waals surface area contributed by atoms with Crippen molar-refractivity contribution < 1.29 is 0 Å². The Morgan fingerprint density at radius 1 is 1.18 bits per heavy atom. The van der Waals surface area contributed by atoms with Crippen LogP contribution in [0.5, 0.6) is 0 Å². The van der Waals surface area contributed by atoms with Crippen molar-refractivity contribution >= 4 is 0 Å². The van der Waals surface area contributed by atoms with Gasteiger partial charge in [0.1, 0.15) is 0 Å². The topological polar surface area (TPSA) is 15.3 Å². The minimum Gasteiger partial charge on any atom is -0.315 e. The highest BCUT2D eigenvalue weighted by Crippen LogP contribution is 2.09. The maximum atomic E-state index is 3.43. The van der Waals surface area contributed by atoms with E-state index in [2.05, 4.69) is 62.3 Å². The third-order valence-corrected chi connectivity index (χ3v) is 3.28. The molecule has 0 aliphatic rings. The normalized spacial score (nSPS) is 13.0. The smallest absolute Gasteiger partial charge is 0.0234 e. The fourth-order valence-electron chi connectivity index (χ4n) is 2.03. The molecule has 17 heavy (non-hydrogen) atoms. The van der Waals surface area contributed by atoms with Gasteiger partial charge in [0.05, 0.1) is 0 Å². The average molecular weight is 234 g/mol. The van der Waals surface area contributed by atoms with E-state index in [-0.39, 0.29) is 0 Å². The Labute approximate surface area is 106 Å². The molecule has 2 heteroatoms. The van der Waals surface area contributed by atoms with Crippen LogP contribution < -0.4 is 5.32 Å². The summed E-state index contributed by atoms with van der Waals surface area (Å²) in [4.78, 5) is 2.44. The van der Waals surface area contributed by atoms with E-state index in [1.807, 2.05) is 0 Å². The summed E-state index contributed by atoms with van der Waals surface area (Å²) in [5.41, 5.74) is 2.73. The van der Waals surface area contributed by atoms with Gasteiger partial charge in [0.25, 0.3) is 0 Å². The van der Waals surface area contributed by atoms with Crippen LogP contribution >= 0.6 is 0 Å². The summed E-state index contributed by atoms with van der Waals surface area (Å²) in [5, 5.41) is 3.43. The van der Waals surface area contributed by atoms with Gasteiger partial charge in [0.15, 0.2) is 0 Å². The first-order valence-corrected chi connectivity index (χ1v) is 6.63. The summed E-state index contributed by atoms with van der Waals surface area (Å²) >= 11 is 0. The molecule has 0 saturated heterocycles. The lowest BCUT2D eigenvalue weighted by molar-refractivity contribution is 0.222. The van der Waals surface area contributed by atoms with Gasteiger partial charge in [-0.05, 0) is 32.5 Å². The van der Waals surface area contributed by atoms with Crippen LogP contribution in [0.1, 0.15) is 31.4 Å². The Kier molecular flexibility index (Phi) is 6.23. The van der Waals surface area contributed by atoms with Gasteiger partial charge >= 0.3 is 0 Å². The van der Waals surface area contributed by atoms with Crippen molar-refractivity contribution in [2.45, 2.75) is 39.8 Å². The van der Waals surface area contributed by atoms with E-state index in [4.69, 9.17) is 0 Å². The average Bonchev–Trinajstić information content (AvgIpc) is 2.33. The summed E-state index contributed by atoms with van der Waals surface area (Å²) in [6.45, 7) is 9.71. The maximum Gasteiger partial charge on any atom is 0.0234 e. The van der Waals surface area contributed by atoms with Crippen LogP contribution in [-0.4, -0.2) is 31.1 Å². The van der Waals surface area contributed by atoms with E-state index >= 15 is 0 Å². The number of hydrogen-bond donors (Lipinski definition) is 1. The Morgan fingerprint density at radius 3 is 2.35 bits per heavy atom. The van der Waals surface area contributed by atoms with Gasteiger partial charge in [0.2, 0.25) is 0 Å². The second-order valence-electron chi connectivity index (χ2n) is 4.77. The molecule has 1 atom stereocenters. The molecule has 0 aliphatic carbocycles. The van der Waals surface area contributed by atoms with Crippen molar-refractivity contribution in [1.29, 1.82) is 0 Å². The van der Waals surface area contributed by atoms with E-state index in [0.29, 0.717) is 6.04 Å². The van der Waals surface area contributed by atoms with Gasteiger partial charge in [-0.3, -0.25) is 4.90 Å². The minimum absolute atomic E-state index is 0.622. The largest absolute Gasteiger partial charge is 0.315 e. The molecule has 1 aromatic carbocycles. The van der Waals surface area contributed by atoms with Crippen LogP contribution in [0.3, 0.4) is 0 Å². The number of aryl methyl sites for hydroxylation is 1. The van der Waals surface area contributed by atoms with Gasteiger partial charge < -0.3 is 5.32 Å². The minimum atomic E-state index is 0.622. The molecule has 2 nitrogen and oxygen atoms in total. The second-order valence-corrected chi connectivity index (χ2v) is 4.77. The molecule has 0 aromatic heterocycles. The molecule has 0 radical (unpaired) electrons. The first-order chi connectivity index (χ1) is 8.17. The molecule has 1 unspecified atom stereocenters. The molecule has 96 valence electrons. The van der Waals surface area contributed by atoms with Crippen LogP contribution in [0, 0.1) is 6.92 Å². The third kappa shape index (κ3) is 4.88. The molecule has 0 bridgehead atoms. The van der Waals surface area contributed by atoms with Crippen molar-refractivity contribution in [3.63, 3.8) is 0 Å². The van der Waals surface area contributed by atoms with E-state index in [1.54, 1.807) is 0 Å². The number of hydrogen-bond acceptors (Lipinski definition) is 2. The van der Waals surface area contributed by atoms with E-state index < -0.39 is 0 Å². The maximum absolute atomic E-state index is 3.43. The first kappa shape index (κ1) is 14.2. The highest BCUT2D eigenvalue weighted by Gasteiger charge is 2.11. The molecule has 0 spiro atoms.